The van der Waals surface area contributed by atoms with Gasteiger partial charge in [0, 0.05) is 5.56 Å². The molecule has 1 heterocycles. The highest BCUT2D eigenvalue weighted by atomic mass is 16.5. The van der Waals surface area contributed by atoms with Crippen molar-refractivity contribution in [1.29, 1.82) is 10.5 Å². The van der Waals surface area contributed by atoms with Gasteiger partial charge >= 0.3 is 0 Å². The van der Waals surface area contributed by atoms with E-state index < -0.39 is 5.56 Å². The zero-order chi connectivity index (χ0) is 18.7. The van der Waals surface area contributed by atoms with Gasteiger partial charge in [0.15, 0.2) is 0 Å². The Morgan fingerprint density at radius 3 is 2.23 bits per heavy atom. The summed E-state index contributed by atoms with van der Waals surface area (Å²) >= 11 is 0. The summed E-state index contributed by atoms with van der Waals surface area (Å²) in [6.45, 7) is 0. The fourth-order valence-corrected chi connectivity index (χ4v) is 2.76. The molecule has 0 spiro atoms. The molecule has 0 atom stereocenters. The van der Waals surface area contributed by atoms with Crippen LogP contribution in [0.2, 0.25) is 0 Å². The van der Waals surface area contributed by atoms with Gasteiger partial charge in [-0.15, -0.1) is 0 Å². The lowest BCUT2D eigenvalue weighted by Gasteiger charge is -2.10. The summed E-state index contributed by atoms with van der Waals surface area (Å²) in [4.78, 5) is 14.3. The Morgan fingerprint density at radius 2 is 1.62 bits per heavy atom. The largest absolute Gasteiger partial charge is 0.497 e. The van der Waals surface area contributed by atoms with E-state index in [1.807, 2.05) is 48.5 Å². The molecule has 0 saturated heterocycles. The molecule has 0 radical (unpaired) electrons. The van der Waals surface area contributed by atoms with Crippen molar-refractivity contribution in [1.82, 2.24) is 4.98 Å². The third-order valence-electron chi connectivity index (χ3n) is 4.04. The van der Waals surface area contributed by atoms with Crippen LogP contribution in [0.4, 0.5) is 5.82 Å². The lowest BCUT2D eigenvalue weighted by molar-refractivity contribution is 0.415. The van der Waals surface area contributed by atoms with Crippen LogP contribution in [0.25, 0.3) is 22.3 Å². The van der Waals surface area contributed by atoms with E-state index in [1.54, 1.807) is 19.2 Å². The van der Waals surface area contributed by atoms with Gasteiger partial charge in [-0.05, 0) is 28.8 Å². The van der Waals surface area contributed by atoms with Crippen molar-refractivity contribution in [3.8, 4) is 40.1 Å². The molecule has 2 aromatic carbocycles. The quantitative estimate of drug-likeness (QED) is 0.759. The summed E-state index contributed by atoms with van der Waals surface area (Å²) in [6, 6.07) is 18.6. The highest BCUT2D eigenvalue weighted by Gasteiger charge is 2.18. The average Bonchev–Trinajstić information content (AvgIpc) is 2.67. The maximum absolute atomic E-state index is 12.0. The van der Waals surface area contributed by atoms with Crippen molar-refractivity contribution < 1.29 is 4.74 Å². The van der Waals surface area contributed by atoms with E-state index in [0.29, 0.717) is 5.56 Å². The third-order valence-corrected chi connectivity index (χ3v) is 4.04. The number of nitrogens with zero attached hydrogens (tertiary/aromatic N) is 2. The van der Waals surface area contributed by atoms with E-state index >= 15 is 0 Å². The molecule has 3 aromatic rings. The number of aromatic amines is 1. The Labute approximate surface area is 149 Å². The first kappa shape index (κ1) is 16.8. The lowest BCUT2D eigenvalue weighted by atomic mass is 9.94. The number of nitrogens with one attached hydrogen (secondary N) is 1. The minimum atomic E-state index is -0.615. The molecule has 0 aliphatic heterocycles. The minimum absolute atomic E-state index is 0.0524. The number of nitriles is 2. The number of hydrogen-bond donors (Lipinski definition) is 2. The molecule has 0 bridgehead atoms. The maximum atomic E-state index is 12.0. The number of aromatic nitrogens is 1. The van der Waals surface area contributed by atoms with Crippen LogP contribution in [0.1, 0.15) is 11.1 Å². The van der Waals surface area contributed by atoms with Crippen LogP contribution in [0, 0.1) is 22.7 Å². The van der Waals surface area contributed by atoms with Gasteiger partial charge < -0.3 is 15.5 Å². The van der Waals surface area contributed by atoms with Gasteiger partial charge in [-0.1, -0.05) is 36.4 Å². The summed E-state index contributed by atoms with van der Waals surface area (Å²) < 4.78 is 5.23. The van der Waals surface area contributed by atoms with Crippen LogP contribution in [-0.2, 0) is 0 Å². The van der Waals surface area contributed by atoms with E-state index in [2.05, 4.69) is 4.98 Å². The first-order valence-corrected chi connectivity index (χ1v) is 7.70. The van der Waals surface area contributed by atoms with Gasteiger partial charge in [0.1, 0.15) is 34.8 Å². The van der Waals surface area contributed by atoms with Gasteiger partial charge in [-0.2, -0.15) is 10.5 Å². The molecule has 0 aliphatic rings. The Kier molecular flexibility index (Phi) is 4.42. The van der Waals surface area contributed by atoms with Crippen molar-refractivity contribution in [2.75, 3.05) is 12.8 Å². The first-order valence-electron chi connectivity index (χ1n) is 7.70. The Balaban J connectivity index is 2.14. The Morgan fingerprint density at radius 1 is 0.962 bits per heavy atom. The smallest absolute Gasteiger partial charge is 0.268 e. The molecule has 3 rings (SSSR count). The minimum Gasteiger partial charge on any atom is -0.497 e. The average molecular weight is 342 g/mol. The van der Waals surface area contributed by atoms with Gasteiger partial charge in [-0.3, -0.25) is 4.79 Å². The second-order valence-corrected chi connectivity index (χ2v) is 5.53. The first-order chi connectivity index (χ1) is 12.6. The van der Waals surface area contributed by atoms with Crippen LogP contribution in [0.5, 0.6) is 5.75 Å². The van der Waals surface area contributed by atoms with Crippen LogP contribution in [0.3, 0.4) is 0 Å². The number of rotatable bonds is 3. The summed E-state index contributed by atoms with van der Waals surface area (Å²) in [6.07, 6.45) is 0. The number of ether oxygens (including phenoxy) is 1. The van der Waals surface area contributed by atoms with Crippen LogP contribution < -0.4 is 16.0 Å². The van der Waals surface area contributed by atoms with Crippen LogP contribution >= 0.6 is 0 Å². The van der Waals surface area contributed by atoms with E-state index in [1.165, 1.54) is 0 Å². The zero-order valence-corrected chi connectivity index (χ0v) is 13.9. The number of methoxy groups -OCH3 is 1. The second-order valence-electron chi connectivity index (χ2n) is 5.53. The van der Waals surface area contributed by atoms with E-state index in [9.17, 15) is 15.3 Å². The molecule has 0 unspecified atom stereocenters. The van der Waals surface area contributed by atoms with Gasteiger partial charge in [0.25, 0.3) is 5.56 Å². The van der Waals surface area contributed by atoms with Crippen molar-refractivity contribution >= 4 is 5.82 Å². The van der Waals surface area contributed by atoms with Gasteiger partial charge in [-0.25, -0.2) is 0 Å². The normalized spacial score (nSPS) is 9.96. The number of nitrogen functional groups attached to an aromatic ring is 1. The summed E-state index contributed by atoms with van der Waals surface area (Å²) in [5.74, 6) is 0.691. The molecule has 0 aliphatic carbocycles. The molecule has 6 heteroatoms. The number of H-pyrrole nitrogens is 1. The molecule has 126 valence electrons. The molecule has 0 fully saturated rings. The molecule has 0 saturated carbocycles. The fraction of sp³-hybridized carbons (Fsp3) is 0.0500. The Bertz CT molecular complexity index is 1120. The van der Waals surface area contributed by atoms with Crippen molar-refractivity contribution in [2.45, 2.75) is 0 Å². The SMILES string of the molecule is COc1cccc(-c2ccc(-c3c(C#N)c(N)[nH]c(=O)c3C#N)cc2)c1. The number of benzene rings is 2. The van der Waals surface area contributed by atoms with E-state index in [0.717, 1.165) is 16.9 Å². The summed E-state index contributed by atoms with van der Waals surface area (Å²) in [5.41, 5.74) is 7.78. The molecule has 1 aromatic heterocycles. The monoisotopic (exact) mass is 342 g/mol. The molecule has 0 amide bonds. The molecular weight excluding hydrogens is 328 g/mol. The van der Waals surface area contributed by atoms with E-state index in [4.69, 9.17) is 10.5 Å². The molecular formula is C20H14N4O2. The van der Waals surface area contributed by atoms with Crippen molar-refractivity contribution in [2.24, 2.45) is 0 Å². The third kappa shape index (κ3) is 2.88. The fourth-order valence-electron chi connectivity index (χ4n) is 2.76. The van der Waals surface area contributed by atoms with Crippen molar-refractivity contribution in [3.05, 3.63) is 70.0 Å². The summed E-state index contributed by atoms with van der Waals surface area (Å²) in [5, 5.41) is 18.7. The zero-order valence-electron chi connectivity index (χ0n) is 13.9. The predicted molar refractivity (Wildman–Crippen MR) is 98.3 cm³/mol. The number of anilines is 1. The highest BCUT2D eigenvalue weighted by molar-refractivity contribution is 5.81. The number of hydrogen-bond acceptors (Lipinski definition) is 5. The summed E-state index contributed by atoms with van der Waals surface area (Å²) in [7, 11) is 1.60. The number of nitrogens with two attached hydrogens (primary N) is 1. The molecule has 6 nitrogen and oxygen atoms in total. The molecule has 26 heavy (non-hydrogen) atoms. The van der Waals surface area contributed by atoms with Crippen molar-refractivity contribution in [3.63, 3.8) is 0 Å². The second kappa shape index (κ2) is 6.84. The molecule has 3 N–H and O–H groups in total. The van der Waals surface area contributed by atoms with Gasteiger partial charge in [0.2, 0.25) is 0 Å². The van der Waals surface area contributed by atoms with E-state index in [-0.39, 0.29) is 22.5 Å². The topological polar surface area (TPSA) is 116 Å². The highest BCUT2D eigenvalue weighted by Crippen LogP contribution is 2.31. The lowest BCUT2D eigenvalue weighted by Crippen LogP contribution is -2.16. The predicted octanol–water partition coefficient (Wildman–Crippen LogP) is 3.04. The van der Waals surface area contributed by atoms with Crippen LogP contribution in [-0.4, -0.2) is 12.1 Å². The Hall–Kier alpha value is -4.03. The standard InChI is InChI=1S/C20H14N4O2/c1-26-15-4-2-3-14(9-15)12-5-7-13(8-6-12)18-16(10-21)19(23)24-20(25)17(18)11-22/h2-9H,1H3,(H3,23,24,25). The van der Waals surface area contributed by atoms with Crippen LogP contribution in [0.15, 0.2) is 53.3 Å². The van der Waals surface area contributed by atoms with Gasteiger partial charge in [0.05, 0.1) is 7.11 Å². The number of pyridine rings is 1. The maximum Gasteiger partial charge on any atom is 0.268 e.